The molecule has 0 saturated heterocycles. The van der Waals surface area contributed by atoms with Gasteiger partial charge in [0.15, 0.2) is 0 Å². The van der Waals surface area contributed by atoms with Crippen molar-refractivity contribution in [1.82, 2.24) is 0 Å². The van der Waals surface area contributed by atoms with Crippen molar-refractivity contribution in [1.29, 1.82) is 0 Å². The van der Waals surface area contributed by atoms with Gasteiger partial charge in [0.25, 0.3) is 0 Å². The standard InChI is InChI=1S/C23H37BO2/c1-8-10-11-12-13-14-19-17-20(15-16-21(19)18(3)9-2)24-26-23(6,7)22(4,5)25/h9,15-17,24-25H,2-3,8,10-14H2,1,4-7H3. The molecule has 0 aliphatic carbocycles. The van der Waals surface area contributed by atoms with Gasteiger partial charge >= 0.3 is 7.48 Å². The Morgan fingerprint density at radius 1 is 1.15 bits per heavy atom. The molecule has 0 fully saturated rings. The van der Waals surface area contributed by atoms with Crippen LogP contribution >= 0.6 is 0 Å². The Balaban J connectivity index is 2.86. The maximum absolute atomic E-state index is 10.3. The molecule has 1 N–H and O–H groups in total. The summed E-state index contributed by atoms with van der Waals surface area (Å²) in [7, 11) is 0.487. The predicted octanol–water partition coefficient (Wildman–Crippen LogP) is 4.94. The van der Waals surface area contributed by atoms with Gasteiger partial charge in [0.2, 0.25) is 0 Å². The Kier molecular flexibility index (Phi) is 8.86. The van der Waals surface area contributed by atoms with Crippen LogP contribution in [-0.2, 0) is 11.1 Å². The van der Waals surface area contributed by atoms with Gasteiger partial charge in [-0.1, -0.05) is 75.5 Å². The van der Waals surface area contributed by atoms with E-state index in [9.17, 15) is 5.11 Å². The third-order valence-corrected chi connectivity index (χ3v) is 5.38. The topological polar surface area (TPSA) is 29.5 Å². The van der Waals surface area contributed by atoms with Gasteiger partial charge in [0.1, 0.15) is 0 Å². The highest BCUT2D eigenvalue weighted by atomic mass is 16.5. The van der Waals surface area contributed by atoms with Crippen LogP contribution in [0.5, 0.6) is 0 Å². The van der Waals surface area contributed by atoms with Crippen LogP contribution in [0.2, 0.25) is 0 Å². The molecule has 0 saturated carbocycles. The van der Waals surface area contributed by atoms with Crippen LogP contribution in [-0.4, -0.2) is 23.8 Å². The zero-order valence-corrected chi connectivity index (χ0v) is 17.5. The fourth-order valence-corrected chi connectivity index (χ4v) is 2.73. The molecule has 0 spiro atoms. The Hall–Kier alpha value is -1.32. The van der Waals surface area contributed by atoms with E-state index in [1.807, 2.05) is 19.9 Å². The number of aryl methyl sites for hydroxylation is 1. The second kappa shape index (κ2) is 10.1. The molecular weight excluding hydrogens is 319 g/mol. The normalized spacial score (nSPS) is 12.1. The van der Waals surface area contributed by atoms with E-state index >= 15 is 0 Å². The largest absolute Gasteiger partial charge is 0.427 e. The molecular formula is C23H37BO2. The molecule has 0 aliphatic heterocycles. The van der Waals surface area contributed by atoms with E-state index in [0.717, 1.165) is 17.5 Å². The molecule has 2 nitrogen and oxygen atoms in total. The first kappa shape index (κ1) is 22.7. The molecule has 1 aromatic carbocycles. The summed E-state index contributed by atoms with van der Waals surface area (Å²) in [4.78, 5) is 0. The Labute approximate surface area is 161 Å². The van der Waals surface area contributed by atoms with Crippen LogP contribution in [0, 0.1) is 0 Å². The molecule has 0 atom stereocenters. The van der Waals surface area contributed by atoms with Crippen molar-refractivity contribution >= 4 is 18.5 Å². The first-order valence-electron chi connectivity index (χ1n) is 9.92. The third kappa shape index (κ3) is 6.77. The van der Waals surface area contributed by atoms with Crippen LogP contribution in [0.1, 0.15) is 77.8 Å². The first-order valence-corrected chi connectivity index (χ1v) is 9.92. The molecule has 0 radical (unpaired) electrons. The summed E-state index contributed by atoms with van der Waals surface area (Å²) in [5.74, 6) is 0. The molecule has 3 heteroatoms. The average Bonchev–Trinajstić information content (AvgIpc) is 2.58. The highest BCUT2D eigenvalue weighted by Gasteiger charge is 2.35. The van der Waals surface area contributed by atoms with E-state index < -0.39 is 11.2 Å². The maximum atomic E-state index is 10.3. The van der Waals surface area contributed by atoms with Crippen molar-refractivity contribution in [2.75, 3.05) is 0 Å². The second-order valence-corrected chi connectivity index (χ2v) is 8.24. The Bertz CT molecular complexity index is 597. The molecule has 0 aliphatic rings. The predicted molar refractivity (Wildman–Crippen MR) is 116 cm³/mol. The maximum Gasteiger partial charge on any atom is 0.309 e. The van der Waals surface area contributed by atoms with Crippen LogP contribution in [0.4, 0.5) is 0 Å². The summed E-state index contributed by atoms with van der Waals surface area (Å²) >= 11 is 0. The lowest BCUT2D eigenvalue weighted by atomic mass is 9.80. The highest BCUT2D eigenvalue weighted by molar-refractivity contribution is 6.47. The van der Waals surface area contributed by atoms with Gasteiger partial charge in [-0.2, -0.15) is 0 Å². The van der Waals surface area contributed by atoms with Crippen molar-refractivity contribution in [3.63, 3.8) is 0 Å². The fourth-order valence-electron chi connectivity index (χ4n) is 2.73. The zero-order valence-electron chi connectivity index (χ0n) is 17.5. The van der Waals surface area contributed by atoms with E-state index in [1.165, 1.54) is 43.2 Å². The lowest BCUT2D eigenvalue weighted by Gasteiger charge is -2.37. The summed E-state index contributed by atoms with van der Waals surface area (Å²) in [6.07, 6.45) is 9.21. The molecule has 0 bridgehead atoms. The minimum atomic E-state index is -0.897. The summed E-state index contributed by atoms with van der Waals surface area (Å²) in [6.45, 7) is 17.7. The summed E-state index contributed by atoms with van der Waals surface area (Å²) < 4.78 is 6.03. The minimum Gasteiger partial charge on any atom is -0.427 e. The lowest BCUT2D eigenvalue weighted by molar-refractivity contribution is -0.0893. The van der Waals surface area contributed by atoms with E-state index in [0.29, 0.717) is 7.48 Å². The highest BCUT2D eigenvalue weighted by Crippen LogP contribution is 2.25. The molecule has 0 amide bonds. The molecule has 26 heavy (non-hydrogen) atoms. The Morgan fingerprint density at radius 2 is 1.81 bits per heavy atom. The molecule has 144 valence electrons. The molecule has 1 aromatic rings. The van der Waals surface area contributed by atoms with Gasteiger partial charge in [-0.15, -0.1) is 0 Å². The van der Waals surface area contributed by atoms with Crippen molar-refractivity contribution in [3.8, 4) is 0 Å². The number of allylic oxidation sites excluding steroid dienone is 2. The van der Waals surface area contributed by atoms with Crippen LogP contribution in [0.25, 0.3) is 5.57 Å². The summed E-state index contributed by atoms with van der Waals surface area (Å²) in [5, 5.41) is 10.3. The number of unbranched alkanes of at least 4 members (excludes halogenated alkanes) is 4. The summed E-state index contributed by atoms with van der Waals surface area (Å²) in [6, 6.07) is 6.44. The minimum absolute atomic E-state index is 0.487. The van der Waals surface area contributed by atoms with Crippen LogP contribution < -0.4 is 5.46 Å². The van der Waals surface area contributed by atoms with Gasteiger partial charge < -0.3 is 9.76 Å². The van der Waals surface area contributed by atoms with E-state index in [4.69, 9.17) is 4.65 Å². The SMILES string of the molecule is C=CC(=C)c1ccc(BOC(C)(C)C(C)(C)O)cc1CCCCCCC. The number of rotatable bonds is 12. The third-order valence-electron chi connectivity index (χ3n) is 5.38. The van der Waals surface area contributed by atoms with Gasteiger partial charge in [-0.3, -0.25) is 0 Å². The second-order valence-electron chi connectivity index (χ2n) is 8.24. The smallest absolute Gasteiger partial charge is 0.309 e. The van der Waals surface area contributed by atoms with Crippen molar-refractivity contribution in [3.05, 3.63) is 48.6 Å². The number of hydrogen-bond donors (Lipinski definition) is 1. The van der Waals surface area contributed by atoms with Crippen molar-refractivity contribution < 1.29 is 9.76 Å². The summed E-state index contributed by atoms with van der Waals surface area (Å²) in [5.41, 5.74) is 3.09. The number of benzene rings is 1. The van der Waals surface area contributed by atoms with E-state index in [1.54, 1.807) is 13.8 Å². The first-order chi connectivity index (χ1) is 12.1. The monoisotopic (exact) mass is 356 g/mol. The number of aliphatic hydroxyl groups is 1. The number of hydrogen-bond acceptors (Lipinski definition) is 2. The quantitative estimate of drug-likeness (QED) is 0.326. The molecule has 1 rings (SSSR count). The van der Waals surface area contributed by atoms with Crippen molar-refractivity contribution in [2.45, 2.75) is 84.3 Å². The van der Waals surface area contributed by atoms with Crippen molar-refractivity contribution in [2.24, 2.45) is 0 Å². The molecule has 0 heterocycles. The fraction of sp³-hybridized carbons (Fsp3) is 0.565. The average molecular weight is 356 g/mol. The van der Waals surface area contributed by atoms with E-state index in [2.05, 4.69) is 38.3 Å². The Morgan fingerprint density at radius 3 is 2.38 bits per heavy atom. The lowest BCUT2D eigenvalue weighted by Crippen LogP contribution is -2.49. The van der Waals surface area contributed by atoms with Gasteiger partial charge in [-0.25, -0.2) is 0 Å². The molecule has 0 unspecified atom stereocenters. The van der Waals surface area contributed by atoms with Gasteiger partial charge in [-0.05, 0) is 57.2 Å². The zero-order chi connectivity index (χ0) is 19.8. The molecule has 0 aromatic heterocycles. The van der Waals surface area contributed by atoms with Gasteiger partial charge in [0, 0.05) is 0 Å². The van der Waals surface area contributed by atoms with Crippen LogP contribution in [0.15, 0.2) is 37.4 Å². The van der Waals surface area contributed by atoms with Crippen LogP contribution in [0.3, 0.4) is 0 Å². The van der Waals surface area contributed by atoms with Gasteiger partial charge in [0.05, 0.1) is 11.2 Å². The van der Waals surface area contributed by atoms with E-state index in [-0.39, 0.29) is 0 Å².